The Morgan fingerprint density at radius 1 is 1.00 bits per heavy atom. The molecule has 0 radical (unpaired) electrons. The third kappa shape index (κ3) is 3.41. The molecule has 6 nitrogen and oxygen atoms in total. The predicted octanol–water partition coefficient (Wildman–Crippen LogP) is 3.17. The van der Waals surface area contributed by atoms with Crippen LogP contribution in [-0.4, -0.2) is 56.4 Å². The Morgan fingerprint density at radius 2 is 1.70 bits per heavy atom. The zero-order valence-electron chi connectivity index (χ0n) is 17.3. The summed E-state index contributed by atoms with van der Waals surface area (Å²) in [6.07, 6.45) is 1.32. The van der Waals surface area contributed by atoms with Crippen molar-refractivity contribution >= 4 is 5.91 Å². The van der Waals surface area contributed by atoms with E-state index in [0.717, 1.165) is 49.6 Å². The zero-order chi connectivity index (χ0) is 20.5. The van der Waals surface area contributed by atoms with Crippen LogP contribution in [0.1, 0.15) is 30.6 Å². The first-order valence-electron chi connectivity index (χ1n) is 10.8. The van der Waals surface area contributed by atoms with Gasteiger partial charge in [0.2, 0.25) is 5.91 Å². The van der Waals surface area contributed by atoms with Crippen LogP contribution in [0.25, 0.3) is 11.3 Å². The maximum absolute atomic E-state index is 12.8. The van der Waals surface area contributed by atoms with E-state index in [1.165, 1.54) is 5.56 Å². The van der Waals surface area contributed by atoms with Gasteiger partial charge < -0.3 is 4.90 Å². The van der Waals surface area contributed by atoms with Crippen LogP contribution < -0.4 is 0 Å². The number of hydrogen-bond acceptors (Lipinski definition) is 4. The summed E-state index contributed by atoms with van der Waals surface area (Å²) in [4.78, 5) is 17.4. The van der Waals surface area contributed by atoms with Gasteiger partial charge in [0.15, 0.2) is 0 Å². The van der Waals surface area contributed by atoms with Gasteiger partial charge in [-0.05, 0) is 5.56 Å². The largest absolute Gasteiger partial charge is 0.336 e. The number of rotatable bonds is 4. The van der Waals surface area contributed by atoms with E-state index in [9.17, 15) is 4.79 Å². The first-order chi connectivity index (χ1) is 14.7. The highest BCUT2D eigenvalue weighted by atomic mass is 16.2. The van der Waals surface area contributed by atoms with Crippen LogP contribution in [0.5, 0.6) is 0 Å². The normalized spacial score (nSPS) is 21.2. The van der Waals surface area contributed by atoms with Gasteiger partial charge >= 0.3 is 0 Å². The van der Waals surface area contributed by atoms with Crippen LogP contribution in [0.2, 0.25) is 0 Å². The fourth-order valence-corrected chi connectivity index (χ4v) is 4.90. The summed E-state index contributed by atoms with van der Waals surface area (Å²) in [6.45, 7) is 5.30. The average Bonchev–Trinajstić information content (AvgIpc) is 3.36. The van der Waals surface area contributed by atoms with Crippen molar-refractivity contribution in [1.82, 2.24) is 24.8 Å². The molecule has 5 rings (SSSR count). The first-order valence-corrected chi connectivity index (χ1v) is 10.8. The molecule has 2 atom stereocenters. The highest BCUT2D eigenvalue weighted by Gasteiger charge is 2.43. The van der Waals surface area contributed by atoms with Gasteiger partial charge in [0, 0.05) is 44.6 Å². The number of amides is 1. The van der Waals surface area contributed by atoms with Crippen LogP contribution in [0, 0.1) is 0 Å². The minimum Gasteiger partial charge on any atom is -0.336 e. The standard InChI is InChI=1S/C24H27N5O/c1-2-23(30)28-14-13-20-24(19-11-7-4-8-12-19)25-26-29(20)22-17-27(16-21(22)28)15-18-9-5-3-6-10-18/h3-12,21-22H,2,13-17H2,1H3. The molecule has 2 aliphatic rings. The monoisotopic (exact) mass is 401 g/mol. The maximum atomic E-state index is 12.8. The van der Waals surface area contributed by atoms with E-state index in [2.05, 4.69) is 61.2 Å². The van der Waals surface area contributed by atoms with E-state index < -0.39 is 0 Å². The quantitative estimate of drug-likeness (QED) is 0.674. The number of likely N-dealkylation sites (tertiary alicyclic amines) is 1. The third-order valence-corrected chi connectivity index (χ3v) is 6.35. The smallest absolute Gasteiger partial charge is 0.222 e. The Balaban J connectivity index is 1.49. The van der Waals surface area contributed by atoms with Gasteiger partial charge in [0.25, 0.3) is 0 Å². The summed E-state index contributed by atoms with van der Waals surface area (Å²) in [7, 11) is 0. The summed E-state index contributed by atoms with van der Waals surface area (Å²) in [6, 6.07) is 21.0. The molecular formula is C24H27N5O. The summed E-state index contributed by atoms with van der Waals surface area (Å²) in [5.74, 6) is 0.228. The van der Waals surface area contributed by atoms with Gasteiger partial charge in [0.05, 0.1) is 17.8 Å². The summed E-state index contributed by atoms with van der Waals surface area (Å²) >= 11 is 0. The molecule has 30 heavy (non-hydrogen) atoms. The zero-order valence-corrected chi connectivity index (χ0v) is 17.3. The summed E-state index contributed by atoms with van der Waals surface area (Å²) < 4.78 is 2.11. The van der Waals surface area contributed by atoms with E-state index in [-0.39, 0.29) is 18.0 Å². The van der Waals surface area contributed by atoms with E-state index in [4.69, 9.17) is 0 Å². The first kappa shape index (κ1) is 19.0. The SMILES string of the molecule is CCC(=O)N1CCc2c(-c3ccccc3)nnn2C2CN(Cc3ccccc3)CC21. The predicted molar refractivity (Wildman–Crippen MR) is 116 cm³/mol. The van der Waals surface area contributed by atoms with Crippen molar-refractivity contribution in [3.63, 3.8) is 0 Å². The molecule has 0 N–H and O–H groups in total. The fraction of sp³-hybridized carbons (Fsp3) is 0.375. The second-order valence-electron chi connectivity index (χ2n) is 8.20. The molecule has 0 spiro atoms. The van der Waals surface area contributed by atoms with Gasteiger partial charge in [-0.25, -0.2) is 4.68 Å². The third-order valence-electron chi connectivity index (χ3n) is 6.35. The summed E-state index contributed by atoms with van der Waals surface area (Å²) in [5, 5.41) is 9.16. The summed E-state index contributed by atoms with van der Waals surface area (Å²) in [5.41, 5.74) is 4.47. The Labute approximate surface area is 177 Å². The molecule has 1 saturated heterocycles. The lowest BCUT2D eigenvalue weighted by molar-refractivity contribution is -0.133. The number of hydrogen-bond donors (Lipinski definition) is 0. The van der Waals surface area contributed by atoms with Gasteiger partial charge in [-0.1, -0.05) is 72.8 Å². The lowest BCUT2D eigenvalue weighted by atomic mass is 10.1. The molecule has 2 unspecified atom stereocenters. The second kappa shape index (κ2) is 8.03. The lowest BCUT2D eigenvalue weighted by Crippen LogP contribution is -2.44. The van der Waals surface area contributed by atoms with Gasteiger partial charge in [0.1, 0.15) is 5.69 Å². The number of aromatic nitrogens is 3. The molecule has 2 aliphatic heterocycles. The van der Waals surface area contributed by atoms with Crippen molar-refractivity contribution < 1.29 is 4.79 Å². The number of carbonyl (C=O) groups is 1. The van der Waals surface area contributed by atoms with Gasteiger partial charge in [-0.15, -0.1) is 5.10 Å². The Bertz CT molecular complexity index is 1020. The maximum Gasteiger partial charge on any atom is 0.222 e. The molecule has 6 heteroatoms. The number of benzene rings is 2. The molecule has 0 bridgehead atoms. The number of nitrogens with zero attached hydrogens (tertiary/aromatic N) is 5. The molecule has 1 fully saturated rings. The average molecular weight is 402 g/mol. The molecular weight excluding hydrogens is 374 g/mol. The van der Waals surface area contributed by atoms with Crippen molar-refractivity contribution in [3.8, 4) is 11.3 Å². The van der Waals surface area contributed by atoms with Crippen LogP contribution >= 0.6 is 0 Å². The van der Waals surface area contributed by atoms with Crippen LogP contribution in [0.4, 0.5) is 0 Å². The molecule has 1 aromatic heterocycles. The van der Waals surface area contributed by atoms with Crippen molar-refractivity contribution in [1.29, 1.82) is 0 Å². The van der Waals surface area contributed by atoms with E-state index in [1.54, 1.807) is 0 Å². The highest BCUT2D eigenvalue weighted by Crippen LogP contribution is 2.34. The van der Waals surface area contributed by atoms with Crippen LogP contribution in [-0.2, 0) is 17.8 Å². The topological polar surface area (TPSA) is 54.3 Å². The second-order valence-corrected chi connectivity index (χ2v) is 8.20. The minimum absolute atomic E-state index is 0.131. The van der Waals surface area contributed by atoms with Gasteiger partial charge in [-0.3, -0.25) is 9.69 Å². The van der Waals surface area contributed by atoms with E-state index in [0.29, 0.717) is 6.42 Å². The van der Waals surface area contributed by atoms with Crippen molar-refractivity contribution in [2.45, 2.75) is 38.4 Å². The lowest BCUT2D eigenvalue weighted by Gasteiger charge is -2.30. The van der Waals surface area contributed by atoms with Crippen molar-refractivity contribution in [2.75, 3.05) is 19.6 Å². The fourth-order valence-electron chi connectivity index (χ4n) is 4.90. The molecule has 154 valence electrons. The molecule has 3 heterocycles. The van der Waals surface area contributed by atoms with Crippen molar-refractivity contribution in [3.05, 3.63) is 71.9 Å². The Hall–Kier alpha value is -2.99. The highest BCUT2D eigenvalue weighted by molar-refractivity contribution is 5.76. The molecule has 0 aliphatic carbocycles. The Kier molecular flexibility index (Phi) is 5.09. The molecule has 2 aromatic carbocycles. The Morgan fingerprint density at radius 3 is 2.43 bits per heavy atom. The van der Waals surface area contributed by atoms with E-state index >= 15 is 0 Å². The van der Waals surface area contributed by atoms with Crippen LogP contribution in [0.15, 0.2) is 60.7 Å². The minimum atomic E-state index is 0.131. The molecule has 1 amide bonds. The molecule has 3 aromatic rings. The van der Waals surface area contributed by atoms with Crippen molar-refractivity contribution in [2.24, 2.45) is 0 Å². The van der Waals surface area contributed by atoms with Crippen LogP contribution in [0.3, 0.4) is 0 Å². The number of fused-ring (bicyclic) bond motifs is 3. The van der Waals surface area contributed by atoms with E-state index in [1.807, 2.05) is 31.2 Å². The number of carbonyl (C=O) groups excluding carboxylic acids is 1. The molecule has 0 saturated carbocycles. The van der Waals surface area contributed by atoms with Gasteiger partial charge in [-0.2, -0.15) is 0 Å².